The Morgan fingerprint density at radius 3 is 2.76 bits per heavy atom. The summed E-state index contributed by atoms with van der Waals surface area (Å²) in [4.78, 5) is 36.2. The van der Waals surface area contributed by atoms with E-state index in [1.54, 1.807) is 17.2 Å². The van der Waals surface area contributed by atoms with Crippen molar-refractivity contribution in [2.24, 2.45) is 5.92 Å². The van der Waals surface area contributed by atoms with Gasteiger partial charge >= 0.3 is 0 Å². The largest absolute Gasteiger partial charge is 0.378 e. The zero-order valence-corrected chi connectivity index (χ0v) is 14.1. The molecule has 4 heterocycles. The SMILES string of the molecule is O=C(CC1COC2(C1)CN(C(=O)c1ccncn1)C2)N1CCOCC1. The third kappa shape index (κ3) is 3.36. The van der Waals surface area contributed by atoms with Gasteiger partial charge in [0.15, 0.2) is 0 Å². The fourth-order valence-electron chi connectivity index (χ4n) is 3.85. The molecule has 4 rings (SSSR count). The van der Waals surface area contributed by atoms with E-state index < -0.39 is 0 Å². The van der Waals surface area contributed by atoms with Gasteiger partial charge in [0, 0.05) is 25.7 Å². The normalized spacial score (nSPS) is 25.0. The standard InChI is InChI=1S/C17H22N4O4/c22-15(20-3-5-24-6-4-20)7-13-8-17(25-9-13)10-21(11-17)16(23)14-1-2-18-12-19-14/h1-2,12-13H,3-11H2. The topological polar surface area (TPSA) is 84.9 Å². The molecular formula is C17H22N4O4. The predicted molar refractivity (Wildman–Crippen MR) is 86.7 cm³/mol. The van der Waals surface area contributed by atoms with Crippen LogP contribution in [0.3, 0.4) is 0 Å². The van der Waals surface area contributed by atoms with Gasteiger partial charge in [-0.15, -0.1) is 0 Å². The molecule has 0 N–H and O–H groups in total. The molecule has 2 amide bonds. The first-order valence-corrected chi connectivity index (χ1v) is 8.70. The van der Waals surface area contributed by atoms with Crippen LogP contribution in [0.5, 0.6) is 0 Å². The number of rotatable bonds is 3. The van der Waals surface area contributed by atoms with E-state index in [4.69, 9.17) is 9.47 Å². The molecule has 0 radical (unpaired) electrons. The second kappa shape index (κ2) is 6.68. The highest BCUT2D eigenvalue weighted by molar-refractivity contribution is 5.93. The third-order valence-corrected chi connectivity index (χ3v) is 5.16. The minimum absolute atomic E-state index is 0.0931. The van der Waals surface area contributed by atoms with Gasteiger partial charge in [0.05, 0.1) is 32.9 Å². The van der Waals surface area contributed by atoms with Gasteiger partial charge in [0.25, 0.3) is 5.91 Å². The Balaban J connectivity index is 1.27. The van der Waals surface area contributed by atoms with E-state index in [0.29, 0.717) is 58.1 Å². The van der Waals surface area contributed by atoms with Crippen molar-refractivity contribution < 1.29 is 19.1 Å². The quantitative estimate of drug-likeness (QED) is 0.763. The van der Waals surface area contributed by atoms with Crippen molar-refractivity contribution >= 4 is 11.8 Å². The summed E-state index contributed by atoms with van der Waals surface area (Å²) in [5.41, 5.74) is 0.125. The summed E-state index contributed by atoms with van der Waals surface area (Å²) in [6.45, 7) is 4.33. The maximum Gasteiger partial charge on any atom is 0.272 e. The molecule has 0 bridgehead atoms. The van der Waals surface area contributed by atoms with Crippen molar-refractivity contribution in [3.8, 4) is 0 Å². The van der Waals surface area contributed by atoms with E-state index >= 15 is 0 Å². The van der Waals surface area contributed by atoms with Gasteiger partial charge in [-0.05, 0) is 18.4 Å². The van der Waals surface area contributed by atoms with Crippen molar-refractivity contribution in [2.45, 2.75) is 18.4 Å². The molecule has 1 unspecified atom stereocenters. The lowest BCUT2D eigenvalue weighted by molar-refractivity contribution is -0.136. The Hall–Kier alpha value is -2.06. The van der Waals surface area contributed by atoms with E-state index in [2.05, 4.69) is 9.97 Å². The second-order valence-electron chi connectivity index (χ2n) is 7.02. The molecule has 25 heavy (non-hydrogen) atoms. The van der Waals surface area contributed by atoms with Gasteiger partial charge in [0.1, 0.15) is 17.6 Å². The van der Waals surface area contributed by atoms with Gasteiger partial charge < -0.3 is 19.3 Å². The lowest BCUT2D eigenvalue weighted by Crippen LogP contribution is -2.63. The molecule has 1 atom stereocenters. The van der Waals surface area contributed by atoms with Crippen LogP contribution in [0, 0.1) is 5.92 Å². The number of aromatic nitrogens is 2. The first kappa shape index (κ1) is 16.4. The molecule has 3 fully saturated rings. The predicted octanol–water partition coefficient (Wildman–Crippen LogP) is -0.0434. The maximum absolute atomic E-state index is 12.4. The van der Waals surface area contributed by atoms with Crippen LogP contribution >= 0.6 is 0 Å². The van der Waals surface area contributed by atoms with Crippen LogP contribution in [-0.2, 0) is 14.3 Å². The summed E-state index contributed by atoms with van der Waals surface area (Å²) in [5, 5.41) is 0. The number of hydrogen-bond donors (Lipinski definition) is 0. The number of likely N-dealkylation sites (tertiary alicyclic amines) is 1. The van der Waals surface area contributed by atoms with E-state index in [1.807, 2.05) is 4.90 Å². The minimum Gasteiger partial charge on any atom is -0.378 e. The Bertz CT molecular complexity index is 641. The average molecular weight is 346 g/mol. The number of morpholine rings is 1. The van der Waals surface area contributed by atoms with Gasteiger partial charge in [0.2, 0.25) is 5.91 Å². The number of ether oxygens (including phenoxy) is 2. The molecule has 8 heteroatoms. The van der Waals surface area contributed by atoms with Crippen molar-refractivity contribution in [2.75, 3.05) is 46.0 Å². The Morgan fingerprint density at radius 1 is 1.24 bits per heavy atom. The zero-order valence-electron chi connectivity index (χ0n) is 14.1. The molecule has 3 saturated heterocycles. The highest BCUT2D eigenvalue weighted by atomic mass is 16.5. The summed E-state index contributed by atoms with van der Waals surface area (Å²) in [7, 11) is 0. The number of carbonyl (C=O) groups is 2. The maximum atomic E-state index is 12.4. The third-order valence-electron chi connectivity index (χ3n) is 5.16. The molecule has 1 aromatic rings. The first-order valence-electron chi connectivity index (χ1n) is 8.70. The van der Waals surface area contributed by atoms with Crippen molar-refractivity contribution in [3.63, 3.8) is 0 Å². The van der Waals surface area contributed by atoms with Gasteiger partial charge in [-0.2, -0.15) is 0 Å². The molecule has 3 aliphatic heterocycles. The lowest BCUT2D eigenvalue weighted by atomic mass is 9.85. The molecule has 134 valence electrons. The van der Waals surface area contributed by atoms with Crippen LogP contribution in [0.4, 0.5) is 0 Å². The van der Waals surface area contributed by atoms with Crippen molar-refractivity contribution in [1.82, 2.24) is 19.8 Å². The summed E-state index contributed by atoms with van der Waals surface area (Å²) in [6, 6.07) is 1.62. The van der Waals surface area contributed by atoms with Crippen LogP contribution in [0.1, 0.15) is 23.3 Å². The van der Waals surface area contributed by atoms with Gasteiger partial charge in [-0.1, -0.05) is 0 Å². The summed E-state index contributed by atoms with van der Waals surface area (Å²) in [5.74, 6) is 0.318. The van der Waals surface area contributed by atoms with Crippen molar-refractivity contribution in [1.29, 1.82) is 0 Å². The van der Waals surface area contributed by atoms with E-state index in [-0.39, 0.29) is 23.3 Å². The smallest absolute Gasteiger partial charge is 0.272 e. The van der Waals surface area contributed by atoms with Gasteiger partial charge in [-0.3, -0.25) is 9.59 Å². The zero-order chi connectivity index (χ0) is 17.3. The number of nitrogens with zero attached hydrogens (tertiary/aromatic N) is 4. The Labute approximate surface area is 146 Å². The molecule has 1 spiro atoms. The van der Waals surface area contributed by atoms with E-state index in [9.17, 15) is 9.59 Å². The summed E-state index contributed by atoms with van der Waals surface area (Å²) in [6.07, 6.45) is 4.29. The number of hydrogen-bond acceptors (Lipinski definition) is 6. The van der Waals surface area contributed by atoms with Crippen LogP contribution in [-0.4, -0.2) is 83.2 Å². The molecule has 0 aliphatic carbocycles. The van der Waals surface area contributed by atoms with Gasteiger partial charge in [-0.25, -0.2) is 9.97 Å². The lowest BCUT2D eigenvalue weighted by Gasteiger charge is -2.47. The van der Waals surface area contributed by atoms with Crippen LogP contribution in [0.25, 0.3) is 0 Å². The van der Waals surface area contributed by atoms with Crippen LogP contribution < -0.4 is 0 Å². The Kier molecular flexibility index (Phi) is 4.39. The van der Waals surface area contributed by atoms with Crippen LogP contribution in [0.2, 0.25) is 0 Å². The molecule has 0 aromatic carbocycles. The summed E-state index contributed by atoms with van der Waals surface area (Å²) < 4.78 is 11.3. The molecular weight excluding hydrogens is 324 g/mol. The fourth-order valence-corrected chi connectivity index (χ4v) is 3.85. The number of amides is 2. The van der Waals surface area contributed by atoms with Crippen LogP contribution in [0.15, 0.2) is 18.6 Å². The number of carbonyl (C=O) groups excluding carboxylic acids is 2. The minimum atomic E-state index is -0.279. The average Bonchev–Trinajstić information content (AvgIpc) is 3.05. The first-order chi connectivity index (χ1) is 12.2. The molecule has 3 aliphatic rings. The molecule has 1 aromatic heterocycles. The second-order valence-corrected chi connectivity index (χ2v) is 7.02. The van der Waals surface area contributed by atoms with Crippen molar-refractivity contribution in [3.05, 3.63) is 24.3 Å². The van der Waals surface area contributed by atoms with E-state index in [0.717, 1.165) is 6.42 Å². The summed E-state index contributed by atoms with van der Waals surface area (Å²) >= 11 is 0. The molecule has 0 saturated carbocycles. The molecule has 8 nitrogen and oxygen atoms in total. The highest BCUT2D eigenvalue weighted by Gasteiger charge is 2.51. The fraction of sp³-hybridized carbons (Fsp3) is 0.647. The Morgan fingerprint density at radius 2 is 2.04 bits per heavy atom. The highest BCUT2D eigenvalue weighted by Crippen LogP contribution is 2.39. The van der Waals surface area contributed by atoms with E-state index in [1.165, 1.54) is 6.33 Å². The monoisotopic (exact) mass is 346 g/mol.